The van der Waals surface area contributed by atoms with E-state index in [1.807, 2.05) is 43.3 Å². The number of hydrogen-bond acceptors (Lipinski definition) is 5. The minimum Gasteiger partial charge on any atom is -0.494 e. The predicted octanol–water partition coefficient (Wildman–Crippen LogP) is 4.35. The molecule has 6 heteroatoms. The van der Waals surface area contributed by atoms with Gasteiger partial charge in [0.05, 0.1) is 29.5 Å². The van der Waals surface area contributed by atoms with Crippen molar-refractivity contribution in [2.45, 2.75) is 6.92 Å². The zero-order chi connectivity index (χ0) is 21.8. The minimum atomic E-state index is -0.456. The van der Waals surface area contributed by atoms with Gasteiger partial charge in [0.2, 0.25) is 0 Å². The Morgan fingerprint density at radius 2 is 1.58 bits per heavy atom. The molecule has 2 amide bonds. The first-order chi connectivity index (χ1) is 15.1. The van der Waals surface area contributed by atoms with E-state index in [0.29, 0.717) is 34.9 Å². The van der Waals surface area contributed by atoms with Gasteiger partial charge in [-0.15, -0.1) is 0 Å². The molecular weight excluding hydrogens is 390 g/mol. The van der Waals surface area contributed by atoms with Crippen LogP contribution in [0.1, 0.15) is 18.1 Å². The molecule has 3 aromatic carbocycles. The lowest BCUT2D eigenvalue weighted by atomic mass is 10.0. The minimum absolute atomic E-state index is 0.199. The van der Waals surface area contributed by atoms with Gasteiger partial charge >= 0.3 is 0 Å². The van der Waals surface area contributed by atoms with E-state index in [9.17, 15) is 9.59 Å². The standard InChI is InChI=1S/C25H19N3O3/c1-2-31-21-14-10-18(11-15-21)22-23(27-19-6-4-3-5-7-19)25(30)28(24(22)29)20-12-8-17(16-26)9-13-20/h3-15,27H,2H2,1H3. The Morgan fingerprint density at radius 1 is 0.903 bits per heavy atom. The summed E-state index contributed by atoms with van der Waals surface area (Å²) < 4.78 is 5.49. The average molecular weight is 409 g/mol. The highest BCUT2D eigenvalue weighted by Crippen LogP contribution is 2.34. The van der Waals surface area contributed by atoms with Crippen molar-refractivity contribution >= 4 is 28.8 Å². The van der Waals surface area contributed by atoms with Crippen molar-refractivity contribution in [3.63, 3.8) is 0 Å². The Morgan fingerprint density at radius 3 is 2.19 bits per heavy atom. The van der Waals surface area contributed by atoms with Crippen LogP contribution in [-0.4, -0.2) is 18.4 Å². The second-order valence-electron chi connectivity index (χ2n) is 6.80. The van der Waals surface area contributed by atoms with Crippen molar-refractivity contribution in [2.75, 3.05) is 16.8 Å². The average Bonchev–Trinajstić information content (AvgIpc) is 3.05. The van der Waals surface area contributed by atoms with Gasteiger partial charge in [-0.25, -0.2) is 4.90 Å². The van der Waals surface area contributed by atoms with Crippen molar-refractivity contribution in [2.24, 2.45) is 0 Å². The molecule has 0 atom stereocenters. The number of benzene rings is 3. The summed E-state index contributed by atoms with van der Waals surface area (Å²) in [5, 5.41) is 12.1. The smallest absolute Gasteiger partial charge is 0.282 e. The molecule has 0 aromatic heterocycles. The third-order valence-corrected chi connectivity index (χ3v) is 4.84. The lowest BCUT2D eigenvalue weighted by Crippen LogP contribution is -2.32. The molecule has 31 heavy (non-hydrogen) atoms. The molecule has 0 saturated heterocycles. The predicted molar refractivity (Wildman–Crippen MR) is 118 cm³/mol. The molecule has 3 aromatic rings. The third-order valence-electron chi connectivity index (χ3n) is 4.84. The van der Waals surface area contributed by atoms with Gasteiger partial charge in [-0.3, -0.25) is 9.59 Å². The fraction of sp³-hybridized carbons (Fsp3) is 0.0800. The van der Waals surface area contributed by atoms with E-state index >= 15 is 0 Å². The highest BCUT2D eigenvalue weighted by Gasteiger charge is 2.40. The number of para-hydroxylation sites is 1. The van der Waals surface area contributed by atoms with Crippen LogP contribution in [0.2, 0.25) is 0 Å². The summed E-state index contributed by atoms with van der Waals surface area (Å²) in [6.07, 6.45) is 0. The van der Waals surface area contributed by atoms with Gasteiger partial charge in [0, 0.05) is 5.69 Å². The van der Waals surface area contributed by atoms with E-state index in [1.165, 1.54) is 0 Å². The van der Waals surface area contributed by atoms with E-state index in [-0.39, 0.29) is 11.3 Å². The van der Waals surface area contributed by atoms with Crippen molar-refractivity contribution in [1.29, 1.82) is 5.26 Å². The number of nitrogens with zero attached hydrogens (tertiary/aromatic N) is 2. The van der Waals surface area contributed by atoms with Crippen LogP contribution in [0.15, 0.2) is 84.6 Å². The number of carbonyl (C=O) groups is 2. The number of amides is 2. The second kappa shape index (κ2) is 8.56. The Bertz CT molecular complexity index is 1190. The van der Waals surface area contributed by atoms with Crippen molar-refractivity contribution in [3.8, 4) is 11.8 Å². The number of hydrogen-bond donors (Lipinski definition) is 1. The van der Waals surface area contributed by atoms with Crippen LogP contribution < -0.4 is 15.0 Å². The zero-order valence-electron chi connectivity index (χ0n) is 16.8. The maximum absolute atomic E-state index is 13.4. The SMILES string of the molecule is CCOc1ccc(C2=C(Nc3ccccc3)C(=O)N(c3ccc(C#N)cc3)C2=O)cc1. The highest BCUT2D eigenvalue weighted by atomic mass is 16.5. The number of anilines is 2. The molecule has 6 nitrogen and oxygen atoms in total. The lowest BCUT2D eigenvalue weighted by Gasteiger charge is -2.15. The van der Waals surface area contributed by atoms with Gasteiger partial charge in [-0.05, 0) is 61.0 Å². The first-order valence-electron chi connectivity index (χ1n) is 9.81. The number of ether oxygens (including phenoxy) is 1. The summed E-state index contributed by atoms with van der Waals surface area (Å²) in [5.74, 6) is -0.204. The van der Waals surface area contributed by atoms with E-state index in [4.69, 9.17) is 10.00 Å². The molecule has 4 rings (SSSR count). The molecule has 1 N–H and O–H groups in total. The summed E-state index contributed by atoms with van der Waals surface area (Å²) in [6.45, 7) is 2.43. The van der Waals surface area contributed by atoms with Crippen molar-refractivity contribution in [3.05, 3.63) is 95.7 Å². The van der Waals surface area contributed by atoms with Gasteiger partial charge in [-0.1, -0.05) is 30.3 Å². The van der Waals surface area contributed by atoms with Crippen molar-refractivity contribution < 1.29 is 14.3 Å². The number of nitriles is 1. The largest absolute Gasteiger partial charge is 0.494 e. The van der Waals surface area contributed by atoms with Crippen LogP contribution in [0.4, 0.5) is 11.4 Å². The summed E-state index contributed by atoms with van der Waals surface area (Å²) in [7, 11) is 0. The van der Waals surface area contributed by atoms with Crippen LogP contribution in [0.5, 0.6) is 5.75 Å². The Labute approximate surface area is 180 Å². The maximum atomic E-state index is 13.4. The molecule has 0 bridgehead atoms. The molecule has 0 spiro atoms. The quantitative estimate of drug-likeness (QED) is 0.612. The molecular formula is C25H19N3O3. The third kappa shape index (κ3) is 3.89. The number of imide groups is 1. The number of carbonyl (C=O) groups excluding carboxylic acids is 2. The van der Waals surface area contributed by atoms with Crippen LogP contribution >= 0.6 is 0 Å². The Hall–Kier alpha value is -4.37. The van der Waals surface area contributed by atoms with Crippen LogP contribution in [0, 0.1) is 11.3 Å². The zero-order valence-corrected chi connectivity index (χ0v) is 16.8. The van der Waals surface area contributed by atoms with Crippen LogP contribution in [0.25, 0.3) is 5.57 Å². The van der Waals surface area contributed by atoms with Crippen molar-refractivity contribution in [1.82, 2.24) is 0 Å². The molecule has 1 aliphatic rings. The summed E-state index contributed by atoms with van der Waals surface area (Å²) in [5.41, 5.74) is 2.64. The first-order valence-corrected chi connectivity index (χ1v) is 9.81. The van der Waals surface area contributed by atoms with Gasteiger partial charge in [-0.2, -0.15) is 5.26 Å². The van der Waals surface area contributed by atoms with E-state index < -0.39 is 11.8 Å². The van der Waals surface area contributed by atoms with Gasteiger partial charge in [0.25, 0.3) is 11.8 Å². The first kappa shape index (κ1) is 19.9. The maximum Gasteiger partial charge on any atom is 0.282 e. The van der Waals surface area contributed by atoms with E-state index in [0.717, 1.165) is 4.90 Å². The summed E-state index contributed by atoms with van der Waals surface area (Å²) >= 11 is 0. The summed E-state index contributed by atoms with van der Waals surface area (Å²) in [6, 6.07) is 24.7. The molecule has 0 aliphatic carbocycles. The molecule has 1 heterocycles. The van der Waals surface area contributed by atoms with Crippen LogP contribution in [0.3, 0.4) is 0 Å². The molecule has 0 radical (unpaired) electrons. The normalized spacial score (nSPS) is 13.4. The van der Waals surface area contributed by atoms with Gasteiger partial charge < -0.3 is 10.1 Å². The second-order valence-corrected chi connectivity index (χ2v) is 6.80. The van der Waals surface area contributed by atoms with Gasteiger partial charge in [0.15, 0.2) is 0 Å². The highest BCUT2D eigenvalue weighted by molar-refractivity contribution is 6.46. The monoisotopic (exact) mass is 409 g/mol. The fourth-order valence-corrected chi connectivity index (χ4v) is 3.38. The Kier molecular flexibility index (Phi) is 5.50. The molecule has 1 aliphatic heterocycles. The summed E-state index contributed by atoms with van der Waals surface area (Å²) in [4.78, 5) is 27.8. The molecule has 152 valence electrons. The van der Waals surface area contributed by atoms with E-state index in [2.05, 4.69) is 5.32 Å². The topological polar surface area (TPSA) is 82.4 Å². The van der Waals surface area contributed by atoms with Gasteiger partial charge in [0.1, 0.15) is 11.4 Å². The fourth-order valence-electron chi connectivity index (χ4n) is 3.38. The lowest BCUT2D eigenvalue weighted by molar-refractivity contribution is -0.120. The van der Waals surface area contributed by atoms with Crippen LogP contribution in [-0.2, 0) is 9.59 Å². The van der Waals surface area contributed by atoms with E-state index in [1.54, 1.807) is 48.5 Å². The molecule has 0 saturated carbocycles. The molecule has 0 unspecified atom stereocenters. The molecule has 0 fully saturated rings. The number of rotatable bonds is 6. The Balaban J connectivity index is 1.77. The number of nitrogens with one attached hydrogen (secondary N) is 1.